The molecule has 0 saturated heterocycles. The van der Waals surface area contributed by atoms with Crippen LogP contribution in [0.25, 0.3) is 0 Å². The fraction of sp³-hybridized carbons (Fsp3) is 0.889. The molecule has 5 heteroatoms. The van der Waals surface area contributed by atoms with Crippen LogP contribution >= 0.6 is 0 Å². The Balaban J connectivity index is 2.96. The van der Waals surface area contributed by atoms with Crippen LogP contribution in [0.3, 0.4) is 0 Å². The van der Waals surface area contributed by atoms with Crippen molar-refractivity contribution < 1.29 is 9.90 Å². The van der Waals surface area contributed by atoms with E-state index in [4.69, 9.17) is 10.8 Å². The average molecular weight is 203 g/mol. The number of rotatable bonds is 8. The van der Waals surface area contributed by atoms with Crippen molar-refractivity contribution in [3.8, 4) is 0 Å². The second-order valence-corrected chi connectivity index (χ2v) is 3.45. The third-order valence-corrected chi connectivity index (χ3v) is 1.83. The van der Waals surface area contributed by atoms with Crippen LogP contribution in [-0.4, -0.2) is 36.9 Å². The van der Waals surface area contributed by atoms with Gasteiger partial charge >= 0.3 is 6.09 Å². The molecule has 0 rings (SSSR count). The molecule has 0 aromatic heterocycles. The summed E-state index contributed by atoms with van der Waals surface area (Å²) >= 11 is 0. The Labute approximate surface area is 85.1 Å². The van der Waals surface area contributed by atoms with Gasteiger partial charge in [-0.05, 0) is 39.3 Å². The zero-order valence-electron chi connectivity index (χ0n) is 8.75. The summed E-state index contributed by atoms with van der Waals surface area (Å²) in [5.41, 5.74) is 5.57. The van der Waals surface area contributed by atoms with E-state index in [2.05, 4.69) is 10.6 Å². The van der Waals surface area contributed by atoms with Crippen molar-refractivity contribution in [2.75, 3.05) is 19.6 Å². The van der Waals surface area contributed by atoms with Gasteiger partial charge in [-0.3, -0.25) is 0 Å². The largest absolute Gasteiger partial charge is 0.465 e. The molecule has 1 atom stereocenters. The summed E-state index contributed by atoms with van der Waals surface area (Å²) in [6.45, 7) is 4.38. The number of carboxylic acid groups (broad SMARTS) is 1. The van der Waals surface area contributed by atoms with E-state index in [1.54, 1.807) is 0 Å². The quantitative estimate of drug-likeness (QED) is 0.429. The normalized spacial score (nSPS) is 12.4. The zero-order chi connectivity index (χ0) is 10.8. The molecule has 0 spiro atoms. The minimum atomic E-state index is -0.949. The van der Waals surface area contributed by atoms with Crippen LogP contribution in [0.4, 0.5) is 4.79 Å². The van der Waals surface area contributed by atoms with Crippen molar-refractivity contribution >= 4 is 6.09 Å². The van der Waals surface area contributed by atoms with Crippen LogP contribution in [0.15, 0.2) is 0 Å². The van der Waals surface area contributed by atoms with Crippen molar-refractivity contribution in [1.82, 2.24) is 10.6 Å². The first-order valence-corrected chi connectivity index (χ1v) is 5.06. The first-order chi connectivity index (χ1) is 6.63. The van der Waals surface area contributed by atoms with Crippen molar-refractivity contribution in [3.63, 3.8) is 0 Å². The van der Waals surface area contributed by atoms with Gasteiger partial charge in [0.2, 0.25) is 0 Å². The van der Waals surface area contributed by atoms with Crippen LogP contribution in [0.2, 0.25) is 0 Å². The number of nitrogens with two attached hydrogens (primary N) is 1. The second-order valence-electron chi connectivity index (χ2n) is 3.45. The Kier molecular flexibility index (Phi) is 8.27. The molecule has 0 radical (unpaired) electrons. The molecule has 0 aromatic carbocycles. The molecule has 0 bridgehead atoms. The summed E-state index contributed by atoms with van der Waals surface area (Å²) in [6, 6.07) is 0.246. The van der Waals surface area contributed by atoms with E-state index in [9.17, 15) is 4.79 Å². The highest BCUT2D eigenvalue weighted by molar-refractivity contribution is 5.64. The van der Waals surface area contributed by atoms with Gasteiger partial charge in [0.1, 0.15) is 0 Å². The molecule has 0 aliphatic carbocycles. The van der Waals surface area contributed by atoms with Gasteiger partial charge in [-0.2, -0.15) is 0 Å². The second kappa shape index (κ2) is 8.77. The molecule has 5 nitrogen and oxygen atoms in total. The minimum Gasteiger partial charge on any atom is -0.465 e. The van der Waals surface area contributed by atoms with Gasteiger partial charge in [0.05, 0.1) is 0 Å². The highest BCUT2D eigenvalue weighted by Crippen LogP contribution is 1.86. The topological polar surface area (TPSA) is 87.4 Å². The Morgan fingerprint density at radius 3 is 2.57 bits per heavy atom. The number of hydrogen-bond donors (Lipinski definition) is 4. The third kappa shape index (κ3) is 11.2. The number of hydrogen-bond acceptors (Lipinski definition) is 3. The van der Waals surface area contributed by atoms with Gasteiger partial charge in [-0.1, -0.05) is 0 Å². The fourth-order valence-corrected chi connectivity index (χ4v) is 1.03. The minimum absolute atomic E-state index is 0.246. The summed E-state index contributed by atoms with van der Waals surface area (Å²) in [5, 5.41) is 13.8. The lowest BCUT2D eigenvalue weighted by atomic mass is 10.2. The van der Waals surface area contributed by atoms with Gasteiger partial charge in [0.25, 0.3) is 0 Å². The van der Waals surface area contributed by atoms with Gasteiger partial charge in [0.15, 0.2) is 0 Å². The molecule has 84 valence electrons. The van der Waals surface area contributed by atoms with Gasteiger partial charge in [-0.15, -0.1) is 0 Å². The molecular formula is C9H21N3O2. The van der Waals surface area contributed by atoms with Crippen LogP contribution in [-0.2, 0) is 0 Å². The van der Waals surface area contributed by atoms with Crippen molar-refractivity contribution in [2.45, 2.75) is 32.2 Å². The average Bonchev–Trinajstić information content (AvgIpc) is 2.08. The molecule has 1 amide bonds. The Hall–Kier alpha value is -0.810. The van der Waals surface area contributed by atoms with E-state index in [1.807, 2.05) is 6.92 Å². The standard InChI is InChI=1S/C9H21N3O2/c1-8(10)4-7-11-5-2-3-6-12-9(13)14/h8,11-12H,2-7,10H2,1H3,(H,13,14). The summed E-state index contributed by atoms with van der Waals surface area (Å²) in [7, 11) is 0. The molecule has 1 unspecified atom stereocenters. The molecular weight excluding hydrogens is 182 g/mol. The van der Waals surface area contributed by atoms with E-state index >= 15 is 0 Å². The Bertz CT molecular complexity index is 151. The number of nitrogens with one attached hydrogen (secondary N) is 2. The predicted molar refractivity (Wildman–Crippen MR) is 56.4 cm³/mol. The molecule has 14 heavy (non-hydrogen) atoms. The van der Waals surface area contributed by atoms with E-state index < -0.39 is 6.09 Å². The van der Waals surface area contributed by atoms with Crippen LogP contribution in [0.1, 0.15) is 26.2 Å². The maximum Gasteiger partial charge on any atom is 0.404 e. The number of amides is 1. The first kappa shape index (κ1) is 13.2. The number of carbonyl (C=O) groups is 1. The Morgan fingerprint density at radius 1 is 1.36 bits per heavy atom. The zero-order valence-corrected chi connectivity index (χ0v) is 8.75. The highest BCUT2D eigenvalue weighted by Gasteiger charge is 1.94. The molecule has 0 fully saturated rings. The maximum absolute atomic E-state index is 10.1. The maximum atomic E-state index is 10.1. The van der Waals surface area contributed by atoms with Crippen LogP contribution in [0.5, 0.6) is 0 Å². The van der Waals surface area contributed by atoms with E-state index in [0.717, 1.165) is 32.4 Å². The first-order valence-electron chi connectivity index (χ1n) is 5.06. The van der Waals surface area contributed by atoms with Gasteiger partial charge in [-0.25, -0.2) is 4.79 Å². The molecule has 0 aliphatic rings. The van der Waals surface area contributed by atoms with Gasteiger partial charge < -0.3 is 21.5 Å². The van der Waals surface area contributed by atoms with E-state index in [-0.39, 0.29) is 6.04 Å². The summed E-state index contributed by atoms with van der Waals surface area (Å²) in [5.74, 6) is 0. The van der Waals surface area contributed by atoms with Crippen LogP contribution < -0.4 is 16.4 Å². The van der Waals surface area contributed by atoms with Crippen molar-refractivity contribution in [3.05, 3.63) is 0 Å². The number of unbranched alkanes of at least 4 members (excludes halogenated alkanes) is 1. The molecule has 0 aromatic rings. The molecule has 5 N–H and O–H groups in total. The van der Waals surface area contributed by atoms with Crippen molar-refractivity contribution in [1.29, 1.82) is 0 Å². The molecule has 0 heterocycles. The highest BCUT2D eigenvalue weighted by atomic mass is 16.4. The lowest BCUT2D eigenvalue weighted by molar-refractivity contribution is 0.194. The Morgan fingerprint density at radius 2 is 2.00 bits per heavy atom. The molecule has 0 aliphatic heterocycles. The predicted octanol–water partition coefficient (Wildman–Crippen LogP) is 0.361. The monoisotopic (exact) mass is 203 g/mol. The van der Waals surface area contributed by atoms with Crippen LogP contribution in [0, 0.1) is 0 Å². The lowest BCUT2D eigenvalue weighted by Crippen LogP contribution is -2.26. The lowest BCUT2D eigenvalue weighted by Gasteiger charge is -2.06. The molecule has 0 saturated carbocycles. The summed E-state index contributed by atoms with van der Waals surface area (Å²) in [4.78, 5) is 10.1. The van der Waals surface area contributed by atoms with Gasteiger partial charge in [0, 0.05) is 12.6 Å². The smallest absolute Gasteiger partial charge is 0.404 e. The van der Waals surface area contributed by atoms with Crippen molar-refractivity contribution in [2.24, 2.45) is 5.73 Å². The summed E-state index contributed by atoms with van der Waals surface area (Å²) < 4.78 is 0. The summed E-state index contributed by atoms with van der Waals surface area (Å²) in [6.07, 6.45) is 1.89. The van der Waals surface area contributed by atoms with E-state index in [0.29, 0.717) is 6.54 Å². The third-order valence-electron chi connectivity index (χ3n) is 1.83. The van der Waals surface area contributed by atoms with E-state index in [1.165, 1.54) is 0 Å². The SMILES string of the molecule is CC(N)CCNCCCCNC(=O)O. The fourth-order valence-electron chi connectivity index (χ4n) is 1.03.